The number of hydrogen-bond acceptors (Lipinski definition) is 4. The number of halogens is 1. The SMILES string of the molecule is Cc1ncc(CNC(=O)c2ccc(C(C)Cl)o2)s1. The minimum absolute atomic E-state index is 0.240. The molecule has 0 aliphatic rings. The molecule has 1 atom stereocenters. The predicted octanol–water partition coefficient (Wildman–Crippen LogP) is 3.27. The molecule has 0 bridgehead atoms. The molecular weight excluding hydrogens is 272 g/mol. The highest BCUT2D eigenvalue weighted by Gasteiger charge is 2.13. The Morgan fingerprint density at radius 2 is 2.39 bits per heavy atom. The summed E-state index contributed by atoms with van der Waals surface area (Å²) in [7, 11) is 0. The van der Waals surface area contributed by atoms with E-state index in [1.807, 2.05) is 6.92 Å². The highest BCUT2D eigenvalue weighted by molar-refractivity contribution is 7.11. The molecule has 96 valence electrons. The Morgan fingerprint density at radius 1 is 1.61 bits per heavy atom. The molecule has 0 saturated heterocycles. The summed E-state index contributed by atoms with van der Waals surface area (Å²) in [6.45, 7) is 4.18. The average Bonchev–Trinajstić information content (AvgIpc) is 2.94. The summed E-state index contributed by atoms with van der Waals surface area (Å²) in [4.78, 5) is 16.9. The minimum atomic E-state index is -0.246. The zero-order chi connectivity index (χ0) is 13.1. The van der Waals surface area contributed by atoms with Crippen molar-refractivity contribution in [2.45, 2.75) is 25.8 Å². The van der Waals surface area contributed by atoms with Gasteiger partial charge in [0.2, 0.25) is 0 Å². The summed E-state index contributed by atoms with van der Waals surface area (Å²) >= 11 is 7.42. The molecule has 1 amide bonds. The summed E-state index contributed by atoms with van der Waals surface area (Å²) in [5.74, 6) is 0.624. The van der Waals surface area contributed by atoms with Crippen LogP contribution in [0.15, 0.2) is 22.7 Å². The molecule has 0 spiro atoms. The van der Waals surface area contributed by atoms with Gasteiger partial charge in [-0.2, -0.15) is 0 Å². The van der Waals surface area contributed by atoms with Gasteiger partial charge in [0.15, 0.2) is 5.76 Å². The molecule has 0 aliphatic heterocycles. The van der Waals surface area contributed by atoms with Crippen molar-refractivity contribution in [1.29, 1.82) is 0 Å². The maximum absolute atomic E-state index is 11.8. The lowest BCUT2D eigenvalue weighted by Gasteiger charge is -2.00. The molecule has 1 unspecified atom stereocenters. The van der Waals surface area contributed by atoms with Crippen molar-refractivity contribution in [2.24, 2.45) is 0 Å². The van der Waals surface area contributed by atoms with E-state index < -0.39 is 0 Å². The molecule has 2 aromatic heterocycles. The minimum Gasteiger partial charge on any atom is -0.454 e. The van der Waals surface area contributed by atoms with Gasteiger partial charge in [0.05, 0.1) is 16.9 Å². The number of amides is 1. The zero-order valence-electron chi connectivity index (χ0n) is 10.1. The van der Waals surface area contributed by atoms with Gasteiger partial charge in [-0.05, 0) is 26.0 Å². The lowest BCUT2D eigenvalue weighted by Crippen LogP contribution is -2.21. The fourth-order valence-corrected chi connectivity index (χ4v) is 2.28. The second kappa shape index (κ2) is 5.54. The number of hydrogen-bond donors (Lipinski definition) is 1. The largest absolute Gasteiger partial charge is 0.454 e. The number of carbonyl (C=O) groups excluding carboxylic acids is 1. The molecule has 4 nitrogen and oxygen atoms in total. The predicted molar refractivity (Wildman–Crippen MR) is 71.0 cm³/mol. The van der Waals surface area contributed by atoms with Gasteiger partial charge in [0.1, 0.15) is 5.76 Å². The van der Waals surface area contributed by atoms with Crippen molar-refractivity contribution in [3.05, 3.63) is 39.7 Å². The van der Waals surface area contributed by atoms with E-state index in [0.29, 0.717) is 12.3 Å². The highest BCUT2D eigenvalue weighted by Crippen LogP contribution is 2.21. The monoisotopic (exact) mass is 284 g/mol. The fraction of sp³-hybridized carbons (Fsp3) is 0.333. The summed E-state index contributed by atoms with van der Waals surface area (Å²) in [5, 5.41) is 3.52. The molecule has 0 fully saturated rings. The molecule has 0 saturated carbocycles. The van der Waals surface area contributed by atoms with E-state index in [9.17, 15) is 4.79 Å². The number of aromatic nitrogens is 1. The summed E-state index contributed by atoms with van der Waals surface area (Å²) in [6, 6.07) is 3.34. The third kappa shape index (κ3) is 3.11. The fourth-order valence-electron chi connectivity index (χ4n) is 1.43. The molecule has 2 rings (SSSR count). The molecule has 18 heavy (non-hydrogen) atoms. The first-order valence-corrected chi connectivity index (χ1v) is 6.75. The quantitative estimate of drug-likeness (QED) is 0.877. The van der Waals surface area contributed by atoms with Crippen molar-refractivity contribution in [1.82, 2.24) is 10.3 Å². The Morgan fingerprint density at radius 3 is 2.94 bits per heavy atom. The van der Waals surface area contributed by atoms with E-state index in [2.05, 4.69) is 10.3 Å². The van der Waals surface area contributed by atoms with E-state index in [1.54, 1.807) is 36.6 Å². The Bertz CT molecular complexity index is 548. The van der Waals surface area contributed by atoms with Gasteiger partial charge in [0, 0.05) is 11.1 Å². The summed E-state index contributed by atoms with van der Waals surface area (Å²) < 4.78 is 5.34. The highest BCUT2D eigenvalue weighted by atomic mass is 35.5. The van der Waals surface area contributed by atoms with Crippen LogP contribution in [0, 0.1) is 6.92 Å². The van der Waals surface area contributed by atoms with Crippen molar-refractivity contribution < 1.29 is 9.21 Å². The van der Waals surface area contributed by atoms with Crippen LogP contribution in [0.3, 0.4) is 0 Å². The summed E-state index contributed by atoms with van der Waals surface area (Å²) in [5.41, 5.74) is 0. The van der Waals surface area contributed by atoms with Crippen LogP contribution in [0.1, 0.15) is 38.5 Å². The number of aryl methyl sites for hydroxylation is 1. The number of alkyl halides is 1. The molecule has 0 radical (unpaired) electrons. The number of carbonyl (C=O) groups is 1. The van der Waals surface area contributed by atoms with Gasteiger partial charge in [-0.3, -0.25) is 4.79 Å². The van der Waals surface area contributed by atoms with Gasteiger partial charge in [-0.25, -0.2) is 4.98 Å². The second-order valence-corrected chi connectivity index (χ2v) is 5.82. The number of thiazole rings is 1. The molecular formula is C12H13ClN2O2S. The molecule has 1 N–H and O–H groups in total. The Kier molecular flexibility index (Phi) is 4.04. The standard InChI is InChI=1S/C12H13ClN2O2S/c1-7(13)10-3-4-11(17-10)12(16)15-6-9-5-14-8(2)18-9/h3-5,7H,6H2,1-2H3,(H,15,16). The third-order valence-electron chi connectivity index (χ3n) is 2.33. The van der Waals surface area contributed by atoms with Crippen LogP contribution in [0.25, 0.3) is 0 Å². The topological polar surface area (TPSA) is 55.1 Å². The normalized spacial score (nSPS) is 12.4. The number of nitrogens with one attached hydrogen (secondary N) is 1. The Balaban J connectivity index is 1.95. The van der Waals surface area contributed by atoms with Crippen LogP contribution >= 0.6 is 22.9 Å². The van der Waals surface area contributed by atoms with Crippen LogP contribution in [0.2, 0.25) is 0 Å². The third-order valence-corrected chi connectivity index (χ3v) is 3.46. The molecule has 2 heterocycles. The van der Waals surface area contributed by atoms with Crippen LogP contribution in [0.4, 0.5) is 0 Å². The summed E-state index contributed by atoms with van der Waals surface area (Å²) in [6.07, 6.45) is 1.76. The number of furan rings is 1. The van der Waals surface area contributed by atoms with E-state index >= 15 is 0 Å². The lowest BCUT2D eigenvalue weighted by molar-refractivity contribution is 0.0922. The molecule has 0 aliphatic carbocycles. The van der Waals surface area contributed by atoms with E-state index in [-0.39, 0.29) is 17.0 Å². The number of rotatable bonds is 4. The Hall–Kier alpha value is -1.33. The van der Waals surface area contributed by atoms with Crippen molar-refractivity contribution >= 4 is 28.8 Å². The smallest absolute Gasteiger partial charge is 0.287 e. The lowest BCUT2D eigenvalue weighted by atomic mass is 10.3. The van der Waals surface area contributed by atoms with Gasteiger partial charge >= 0.3 is 0 Å². The van der Waals surface area contributed by atoms with Crippen molar-refractivity contribution in [3.8, 4) is 0 Å². The zero-order valence-corrected chi connectivity index (χ0v) is 11.6. The van der Waals surface area contributed by atoms with Crippen LogP contribution in [-0.2, 0) is 6.54 Å². The van der Waals surface area contributed by atoms with Crippen LogP contribution in [-0.4, -0.2) is 10.9 Å². The van der Waals surface area contributed by atoms with E-state index in [4.69, 9.17) is 16.0 Å². The first kappa shape index (κ1) is 13.1. The Labute approximate surface area is 114 Å². The van der Waals surface area contributed by atoms with E-state index in [1.165, 1.54) is 0 Å². The average molecular weight is 285 g/mol. The molecule has 6 heteroatoms. The van der Waals surface area contributed by atoms with Crippen LogP contribution < -0.4 is 5.32 Å². The van der Waals surface area contributed by atoms with Crippen LogP contribution in [0.5, 0.6) is 0 Å². The molecule has 0 aromatic carbocycles. The first-order valence-electron chi connectivity index (χ1n) is 5.49. The van der Waals surface area contributed by atoms with Crippen molar-refractivity contribution in [3.63, 3.8) is 0 Å². The first-order chi connectivity index (χ1) is 8.56. The van der Waals surface area contributed by atoms with Gasteiger partial charge < -0.3 is 9.73 Å². The number of nitrogens with zero attached hydrogens (tertiary/aromatic N) is 1. The molecule has 2 aromatic rings. The van der Waals surface area contributed by atoms with Gasteiger partial charge in [-0.1, -0.05) is 0 Å². The maximum atomic E-state index is 11.8. The van der Waals surface area contributed by atoms with Crippen molar-refractivity contribution in [2.75, 3.05) is 0 Å². The second-order valence-electron chi connectivity index (χ2n) is 3.85. The van der Waals surface area contributed by atoms with E-state index in [0.717, 1.165) is 9.88 Å². The maximum Gasteiger partial charge on any atom is 0.287 e. The van der Waals surface area contributed by atoms with Gasteiger partial charge in [-0.15, -0.1) is 22.9 Å². The van der Waals surface area contributed by atoms with Gasteiger partial charge in [0.25, 0.3) is 5.91 Å².